The van der Waals surface area contributed by atoms with Crippen molar-refractivity contribution >= 4 is 17.6 Å². The van der Waals surface area contributed by atoms with E-state index in [-0.39, 0.29) is 11.9 Å². The maximum Gasteiger partial charge on any atom is 0.313 e. The number of hydrogen-bond donors (Lipinski definition) is 2. The van der Waals surface area contributed by atoms with E-state index in [1.807, 2.05) is 34.6 Å². The van der Waals surface area contributed by atoms with Crippen LogP contribution in [0.15, 0.2) is 0 Å². The molecule has 1 aliphatic carbocycles. The standard InChI is InChI=1S/C15H21N3O3/c1-8-10(9(2)18-17-8)16-11(19)15-7-6-14(5,12(20)21-15)13(15,3)4/h6-7H2,1-5H3,(H,16,19)(H,17,18). The molecule has 2 fully saturated rings. The van der Waals surface area contributed by atoms with E-state index >= 15 is 0 Å². The Kier molecular flexibility index (Phi) is 2.60. The molecule has 2 N–H and O–H groups in total. The maximum atomic E-state index is 12.9. The zero-order valence-corrected chi connectivity index (χ0v) is 13.1. The first-order chi connectivity index (χ1) is 9.66. The molecule has 6 nitrogen and oxygen atoms in total. The lowest BCUT2D eigenvalue weighted by molar-refractivity contribution is -0.165. The summed E-state index contributed by atoms with van der Waals surface area (Å²) in [6, 6.07) is 0. The van der Waals surface area contributed by atoms with Crippen LogP contribution in [0.4, 0.5) is 5.69 Å². The number of aromatic nitrogens is 2. The van der Waals surface area contributed by atoms with Crippen LogP contribution in [0.3, 0.4) is 0 Å². The van der Waals surface area contributed by atoms with E-state index in [0.29, 0.717) is 18.5 Å². The van der Waals surface area contributed by atoms with Crippen molar-refractivity contribution < 1.29 is 14.3 Å². The van der Waals surface area contributed by atoms with Crippen LogP contribution < -0.4 is 5.32 Å². The molecule has 2 bridgehead atoms. The fourth-order valence-electron chi connectivity index (χ4n) is 3.70. The molecule has 1 aromatic heterocycles. The number of fused-ring (bicyclic) bond motifs is 2. The number of nitrogens with one attached hydrogen (secondary N) is 2. The van der Waals surface area contributed by atoms with Gasteiger partial charge in [0.1, 0.15) is 0 Å². The van der Waals surface area contributed by atoms with Gasteiger partial charge >= 0.3 is 5.97 Å². The summed E-state index contributed by atoms with van der Waals surface area (Å²) in [4.78, 5) is 25.1. The third-order valence-corrected chi connectivity index (χ3v) is 5.82. The van der Waals surface area contributed by atoms with Gasteiger partial charge in [-0.05, 0) is 33.6 Å². The molecule has 1 saturated carbocycles. The molecule has 1 aliphatic heterocycles. The highest BCUT2D eigenvalue weighted by Crippen LogP contribution is 2.65. The Bertz CT molecular complexity index is 629. The van der Waals surface area contributed by atoms with Crippen LogP contribution in [0.2, 0.25) is 0 Å². The normalized spacial score (nSPS) is 33.1. The Hall–Kier alpha value is -1.85. The highest BCUT2D eigenvalue weighted by molar-refractivity contribution is 6.03. The second-order valence-corrected chi connectivity index (χ2v) is 6.94. The summed E-state index contributed by atoms with van der Waals surface area (Å²) in [6.45, 7) is 9.45. The van der Waals surface area contributed by atoms with Crippen LogP contribution in [-0.2, 0) is 14.3 Å². The number of carbonyl (C=O) groups excluding carboxylic acids is 2. The predicted molar refractivity (Wildman–Crippen MR) is 76.6 cm³/mol. The Balaban J connectivity index is 1.97. The van der Waals surface area contributed by atoms with Crippen molar-refractivity contribution in [1.29, 1.82) is 0 Å². The van der Waals surface area contributed by atoms with Gasteiger partial charge in [0.2, 0.25) is 0 Å². The quantitative estimate of drug-likeness (QED) is 0.817. The minimum absolute atomic E-state index is 0.255. The molecule has 0 radical (unpaired) electrons. The lowest BCUT2D eigenvalue weighted by atomic mass is 9.66. The first kappa shape index (κ1) is 14.1. The number of anilines is 1. The smallest absolute Gasteiger partial charge is 0.313 e. The van der Waals surface area contributed by atoms with Crippen molar-refractivity contribution in [1.82, 2.24) is 10.2 Å². The first-order valence-electron chi connectivity index (χ1n) is 7.22. The van der Waals surface area contributed by atoms with Gasteiger partial charge in [0.05, 0.1) is 22.5 Å². The third kappa shape index (κ3) is 1.45. The number of rotatable bonds is 2. The molecule has 1 aromatic rings. The van der Waals surface area contributed by atoms with Gasteiger partial charge in [-0.25, -0.2) is 0 Å². The van der Waals surface area contributed by atoms with Crippen molar-refractivity contribution in [3.8, 4) is 0 Å². The van der Waals surface area contributed by atoms with Crippen molar-refractivity contribution in [2.75, 3.05) is 5.32 Å². The summed E-state index contributed by atoms with van der Waals surface area (Å²) < 4.78 is 5.57. The maximum absolute atomic E-state index is 12.9. The lowest BCUT2D eigenvalue weighted by Crippen LogP contribution is -2.50. The molecule has 2 atom stereocenters. The van der Waals surface area contributed by atoms with Gasteiger partial charge in [-0.2, -0.15) is 5.10 Å². The SMILES string of the molecule is Cc1n[nH]c(C)c1NC(=O)C12CCC(C)(C(=O)O1)C2(C)C. The molecule has 1 amide bonds. The molecule has 2 heterocycles. The zero-order chi connectivity index (χ0) is 15.6. The van der Waals surface area contributed by atoms with E-state index in [1.54, 1.807) is 0 Å². The minimum Gasteiger partial charge on any atom is -0.448 e. The van der Waals surface area contributed by atoms with E-state index in [9.17, 15) is 9.59 Å². The van der Waals surface area contributed by atoms with Gasteiger partial charge in [0.25, 0.3) is 5.91 Å². The zero-order valence-electron chi connectivity index (χ0n) is 13.1. The Morgan fingerprint density at radius 3 is 2.38 bits per heavy atom. The highest BCUT2D eigenvalue weighted by Gasteiger charge is 2.75. The number of hydrogen-bond acceptors (Lipinski definition) is 4. The molecule has 2 aliphatic rings. The van der Waals surface area contributed by atoms with E-state index in [1.165, 1.54) is 0 Å². The number of amides is 1. The largest absolute Gasteiger partial charge is 0.448 e. The fraction of sp³-hybridized carbons (Fsp3) is 0.667. The van der Waals surface area contributed by atoms with Gasteiger partial charge in [0, 0.05) is 5.41 Å². The number of carbonyl (C=O) groups is 2. The Morgan fingerprint density at radius 1 is 1.29 bits per heavy atom. The molecule has 1 saturated heterocycles. The van der Waals surface area contributed by atoms with Gasteiger partial charge in [-0.1, -0.05) is 13.8 Å². The van der Waals surface area contributed by atoms with Crippen molar-refractivity contribution in [2.24, 2.45) is 10.8 Å². The van der Waals surface area contributed by atoms with Crippen LogP contribution in [-0.4, -0.2) is 27.7 Å². The number of nitrogens with zero attached hydrogens (tertiary/aromatic N) is 1. The summed E-state index contributed by atoms with van der Waals surface area (Å²) in [6.07, 6.45) is 1.24. The summed E-state index contributed by atoms with van der Waals surface area (Å²) in [5.74, 6) is -0.524. The number of esters is 1. The fourth-order valence-corrected chi connectivity index (χ4v) is 3.70. The van der Waals surface area contributed by atoms with Crippen molar-refractivity contribution in [3.63, 3.8) is 0 Å². The number of ether oxygens (including phenoxy) is 1. The molecule has 0 aromatic carbocycles. The highest BCUT2D eigenvalue weighted by atomic mass is 16.6. The topological polar surface area (TPSA) is 84.1 Å². The Morgan fingerprint density at radius 2 is 1.95 bits per heavy atom. The van der Waals surface area contributed by atoms with Gasteiger partial charge in [-0.3, -0.25) is 14.7 Å². The molecular formula is C15H21N3O3. The molecule has 6 heteroatoms. The summed E-state index contributed by atoms with van der Waals surface area (Å²) >= 11 is 0. The van der Waals surface area contributed by atoms with Crippen LogP contribution in [0, 0.1) is 24.7 Å². The lowest BCUT2D eigenvalue weighted by Gasteiger charge is -2.35. The second kappa shape index (κ2) is 3.87. The van der Waals surface area contributed by atoms with Crippen molar-refractivity contribution in [3.05, 3.63) is 11.4 Å². The van der Waals surface area contributed by atoms with Crippen LogP contribution in [0.25, 0.3) is 0 Å². The summed E-state index contributed by atoms with van der Waals surface area (Å²) in [5.41, 5.74) is -0.0333. The van der Waals surface area contributed by atoms with E-state index in [4.69, 9.17) is 4.74 Å². The summed E-state index contributed by atoms with van der Waals surface area (Å²) in [7, 11) is 0. The minimum atomic E-state index is -1.09. The molecule has 2 unspecified atom stereocenters. The Labute approximate surface area is 123 Å². The van der Waals surface area contributed by atoms with Crippen LogP contribution in [0.1, 0.15) is 45.0 Å². The molecule has 114 valence electrons. The third-order valence-electron chi connectivity index (χ3n) is 5.82. The van der Waals surface area contributed by atoms with E-state index < -0.39 is 16.4 Å². The first-order valence-corrected chi connectivity index (χ1v) is 7.22. The molecular weight excluding hydrogens is 270 g/mol. The monoisotopic (exact) mass is 291 g/mol. The van der Waals surface area contributed by atoms with Crippen LogP contribution >= 0.6 is 0 Å². The van der Waals surface area contributed by atoms with Gasteiger partial charge < -0.3 is 10.1 Å². The second-order valence-electron chi connectivity index (χ2n) is 6.94. The number of aromatic amines is 1. The molecule has 3 rings (SSSR count). The van der Waals surface area contributed by atoms with Gasteiger partial charge in [0.15, 0.2) is 5.60 Å². The number of H-pyrrole nitrogens is 1. The van der Waals surface area contributed by atoms with Crippen LogP contribution in [0.5, 0.6) is 0 Å². The average molecular weight is 291 g/mol. The summed E-state index contributed by atoms with van der Waals surface area (Å²) in [5, 5.41) is 9.81. The number of aryl methyl sites for hydroxylation is 2. The average Bonchev–Trinajstić information content (AvgIpc) is 2.88. The van der Waals surface area contributed by atoms with Gasteiger partial charge in [-0.15, -0.1) is 0 Å². The predicted octanol–water partition coefficient (Wildman–Crippen LogP) is 2.09. The van der Waals surface area contributed by atoms with E-state index in [0.717, 1.165) is 11.4 Å². The van der Waals surface area contributed by atoms with Crippen molar-refractivity contribution in [2.45, 2.75) is 53.1 Å². The molecule has 0 spiro atoms. The molecule has 21 heavy (non-hydrogen) atoms. The van der Waals surface area contributed by atoms with E-state index in [2.05, 4.69) is 15.5 Å².